The lowest BCUT2D eigenvalue weighted by molar-refractivity contribution is 0.887. The molecule has 1 unspecified atom stereocenters. The van der Waals surface area contributed by atoms with Crippen LogP contribution in [0.3, 0.4) is 0 Å². The van der Waals surface area contributed by atoms with E-state index in [4.69, 9.17) is 17.3 Å². The van der Waals surface area contributed by atoms with Gasteiger partial charge >= 0.3 is 0 Å². The summed E-state index contributed by atoms with van der Waals surface area (Å²) in [6.45, 7) is 0. The van der Waals surface area contributed by atoms with Crippen molar-refractivity contribution in [2.75, 3.05) is 0 Å². The van der Waals surface area contributed by atoms with E-state index in [2.05, 4.69) is 34.7 Å². The zero-order valence-corrected chi connectivity index (χ0v) is 11.5. The summed E-state index contributed by atoms with van der Waals surface area (Å²) in [7, 11) is 0. The summed E-state index contributed by atoms with van der Waals surface area (Å²) in [5.41, 5.74) is 7.33. The highest BCUT2D eigenvalue weighted by Crippen LogP contribution is 2.31. The normalized spacial score (nSPS) is 12.7. The molecule has 78 valence electrons. The summed E-state index contributed by atoms with van der Waals surface area (Å²) in [5, 5.41) is 0. The second-order valence-corrected chi connectivity index (χ2v) is 6.05. The van der Waals surface area contributed by atoms with Gasteiger partial charge < -0.3 is 5.73 Å². The second-order valence-electron chi connectivity index (χ2n) is 3.14. The number of halogens is 2. The van der Waals surface area contributed by atoms with Gasteiger partial charge in [0.1, 0.15) is 0 Å². The van der Waals surface area contributed by atoms with Crippen LogP contribution in [0.2, 0.25) is 4.34 Å². The molecule has 0 saturated heterocycles. The number of hydrogen-bond acceptors (Lipinski definition) is 2. The fraction of sp³-hybridized carbons (Fsp3) is 0.0909. The maximum atomic E-state index is 6.18. The molecule has 0 amide bonds. The molecular formula is C11H9ClINS. The van der Waals surface area contributed by atoms with Crippen molar-refractivity contribution in [2.45, 2.75) is 6.04 Å². The summed E-state index contributed by atoms with van der Waals surface area (Å²) in [6.07, 6.45) is 0. The van der Waals surface area contributed by atoms with Gasteiger partial charge in [0.15, 0.2) is 0 Å². The van der Waals surface area contributed by atoms with E-state index in [0.29, 0.717) is 0 Å². The minimum Gasteiger partial charge on any atom is -0.320 e. The second kappa shape index (κ2) is 4.82. The lowest BCUT2D eigenvalue weighted by atomic mass is 10.1. The first-order valence-electron chi connectivity index (χ1n) is 4.43. The Balaban J connectivity index is 2.36. The largest absolute Gasteiger partial charge is 0.320 e. The molecule has 4 heteroatoms. The van der Waals surface area contributed by atoms with Gasteiger partial charge in [-0.05, 0) is 46.4 Å². The van der Waals surface area contributed by atoms with Crippen molar-refractivity contribution in [2.24, 2.45) is 5.73 Å². The molecule has 1 aromatic heterocycles. The standard InChI is InChI=1S/C11H9ClINS/c12-10-6-5-9(15-10)11(14)7-3-1-2-4-8(7)13/h1-6,11H,14H2. The van der Waals surface area contributed by atoms with Crippen molar-refractivity contribution >= 4 is 45.5 Å². The molecule has 2 N–H and O–H groups in total. The van der Waals surface area contributed by atoms with Crippen LogP contribution < -0.4 is 5.73 Å². The van der Waals surface area contributed by atoms with Gasteiger partial charge in [-0.3, -0.25) is 0 Å². The molecule has 0 aliphatic rings. The number of benzene rings is 1. The van der Waals surface area contributed by atoms with Crippen molar-refractivity contribution < 1.29 is 0 Å². The van der Waals surface area contributed by atoms with E-state index in [9.17, 15) is 0 Å². The molecule has 0 radical (unpaired) electrons. The van der Waals surface area contributed by atoms with E-state index in [1.54, 1.807) is 0 Å². The van der Waals surface area contributed by atoms with E-state index in [-0.39, 0.29) is 6.04 Å². The van der Waals surface area contributed by atoms with Crippen LogP contribution in [-0.4, -0.2) is 0 Å². The van der Waals surface area contributed by atoms with E-state index in [0.717, 1.165) is 14.8 Å². The molecule has 0 fully saturated rings. The van der Waals surface area contributed by atoms with Gasteiger partial charge in [-0.2, -0.15) is 0 Å². The maximum absolute atomic E-state index is 6.18. The van der Waals surface area contributed by atoms with E-state index in [1.165, 1.54) is 14.9 Å². The zero-order valence-electron chi connectivity index (χ0n) is 7.78. The maximum Gasteiger partial charge on any atom is 0.0931 e. The van der Waals surface area contributed by atoms with Crippen LogP contribution in [0.15, 0.2) is 36.4 Å². The molecule has 15 heavy (non-hydrogen) atoms. The Morgan fingerprint density at radius 1 is 1.20 bits per heavy atom. The highest BCUT2D eigenvalue weighted by Gasteiger charge is 2.13. The minimum absolute atomic E-state index is 0.0735. The topological polar surface area (TPSA) is 26.0 Å². The third-order valence-corrected chi connectivity index (χ3v) is 4.44. The molecule has 0 saturated carbocycles. The predicted molar refractivity (Wildman–Crippen MR) is 74.5 cm³/mol. The molecule has 2 rings (SSSR count). The summed E-state index contributed by atoms with van der Waals surface area (Å²) in [6, 6.07) is 11.9. The van der Waals surface area contributed by atoms with Gasteiger partial charge in [-0.25, -0.2) is 0 Å². The molecule has 0 bridgehead atoms. The number of nitrogens with two attached hydrogens (primary N) is 1. The smallest absolute Gasteiger partial charge is 0.0931 e. The molecule has 0 aliphatic heterocycles. The predicted octanol–water partition coefficient (Wildman–Crippen LogP) is 4.05. The van der Waals surface area contributed by atoms with Gasteiger partial charge in [-0.1, -0.05) is 29.8 Å². The summed E-state index contributed by atoms with van der Waals surface area (Å²) >= 11 is 9.73. The van der Waals surface area contributed by atoms with E-state index < -0.39 is 0 Å². The van der Waals surface area contributed by atoms with Crippen LogP contribution in [0, 0.1) is 3.57 Å². The molecule has 0 aliphatic carbocycles. The molecule has 1 nitrogen and oxygen atoms in total. The third-order valence-electron chi connectivity index (χ3n) is 2.14. The highest BCUT2D eigenvalue weighted by atomic mass is 127. The van der Waals surface area contributed by atoms with Gasteiger partial charge in [0.05, 0.1) is 10.4 Å². The Morgan fingerprint density at radius 2 is 1.93 bits per heavy atom. The van der Waals surface area contributed by atoms with E-state index >= 15 is 0 Å². The van der Waals surface area contributed by atoms with Gasteiger partial charge in [-0.15, -0.1) is 11.3 Å². The van der Waals surface area contributed by atoms with Gasteiger partial charge in [0, 0.05) is 8.45 Å². The minimum atomic E-state index is -0.0735. The van der Waals surface area contributed by atoms with Crippen molar-refractivity contribution in [1.29, 1.82) is 0 Å². The van der Waals surface area contributed by atoms with Crippen LogP contribution in [0.25, 0.3) is 0 Å². The van der Waals surface area contributed by atoms with Crippen LogP contribution in [0.4, 0.5) is 0 Å². The lowest BCUT2D eigenvalue weighted by Crippen LogP contribution is -2.11. The summed E-state index contributed by atoms with van der Waals surface area (Å²) in [5.74, 6) is 0. The SMILES string of the molecule is NC(c1ccc(Cl)s1)c1ccccc1I. The third kappa shape index (κ3) is 2.53. The van der Waals surface area contributed by atoms with Crippen molar-refractivity contribution in [3.63, 3.8) is 0 Å². The fourth-order valence-electron chi connectivity index (χ4n) is 1.38. The molecule has 1 atom stereocenters. The van der Waals surface area contributed by atoms with Crippen molar-refractivity contribution in [1.82, 2.24) is 0 Å². The first kappa shape index (κ1) is 11.4. The Bertz CT molecular complexity index is 469. The Morgan fingerprint density at radius 3 is 2.53 bits per heavy atom. The molecule has 1 aromatic carbocycles. The average Bonchev–Trinajstić information content (AvgIpc) is 2.65. The van der Waals surface area contributed by atoms with E-state index in [1.807, 2.05) is 24.3 Å². The van der Waals surface area contributed by atoms with Crippen molar-refractivity contribution in [3.8, 4) is 0 Å². The number of thiophene rings is 1. The van der Waals surface area contributed by atoms with Crippen LogP contribution in [-0.2, 0) is 0 Å². The van der Waals surface area contributed by atoms with Crippen LogP contribution in [0.1, 0.15) is 16.5 Å². The first-order valence-corrected chi connectivity index (χ1v) is 6.71. The number of hydrogen-bond donors (Lipinski definition) is 1. The van der Waals surface area contributed by atoms with Crippen LogP contribution >= 0.6 is 45.5 Å². The van der Waals surface area contributed by atoms with Crippen molar-refractivity contribution in [3.05, 3.63) is 54.7 Å². The lowest BCUT2D eigenvalue weighted by Gasteiger charge is -2.11. The number of rotatable bonds is 2. The summed E-state index contributed by atoms with van der Waals surface area (Å²) in [4.78, 5) is 1.10. The Kier molecular flexibility index (Phi) is 3.66. The average molecular weight is 350 g/mol. The monoisotopic (exact) mass is 349 g/mol. The first-order chi connectivity index (χ1) is 7.18. The van der Waals surface area contributed by atoms with Gasteiger partial charge in [0.2, 0.25) is 0 Å². The molecule has 0 spiro atoms. The molecule has 1 heterocycles. The molecular weight excluding hydrogens is 341 g/mol. The highest BCUT2D eigenvalue weighted by molar-refractivity contribution is 14.1. The fourth-order valence-corrected chi connectivity index (χ4v) is 3.18. The quantitative estimate of drug-likeness (QED) is 0.813. The Labute approximate surface area is 111 Å². The van der Waals surface area contributed by atoms with Gasteiger partial charge in [0.25, 0.3) is 0 Å². The Hall–Kier alpha value is -0.100. The zero-order chi connectivity index (χ0) is 10.8. The summed E-state index contributed by atoms with van der Waals surface area (Å²) < 4.78 is 1.97. The van der Waals surface area contributed by atoms with Crippen LogP contribution in [0.5, 0.6) is 0 Å². The molecule has 2 aromatic rings.